The number of piperidine rings is 1. The van der Waals surface area contributed by atoms with Gasteiger partial charge in [-0.25, -0.2) is 15.0 Å². The zero-order valence-electron chi connectivity index (χ0n) is 14.6. The third-order valence-corrected chi connectivity index (χ3v) is 4.85. The molecule has 0 spiro atoms. The highest BCUT2D eigenvalue weighted by molar-refractivity contribution is 6.32. The lowest BCUT2D eigenvalue weighted by atomic mass is 9.96. The number of rotatable bonds is 6. The van der Waals surface area contributed by atoms with Crippen LogP contribution in [0.4, 0.5) is 17.3 Å². The quantitative estimate of drug-likeness (QED) is 0.661. The molecule has 1 amide bonds. The highest BCUT2D eigenvalue weighted by Gasteiger charge is 2.25. The van der Waals surface area contributed by atoms with Gasteiger partial charge < -0.3 is 21.3 Å². The normalized spacial score (nSPS) is 14.9. The molecule has 8 nitrogen and oxygen atoms in total. The second-order valence-electron chi connectivity index (χ2n) is 6.14. The molecule has 2 aromatic heterocycles. The van der Waals surface area contributed by atoms with E-state index in [0.29, 0.717) is 23.2 Å². The maximum Gasteiger partial charge on any atom is 0.220 e. The number of carbonyl (C=O) groups excluding carboxylic acids is 1. The average Bonchev–Trinajstić information content (AvgIpc) is 2.66. The predicted octanol–water partition coefficient (Wildman–Crippen LogP) is 1.88. The Hall–Kier alpha value is -2.61. The number of amides is 1. The molecule has 2 aromatic rings. The van der Waals surface area contributed by atoms with E-state index in [0.717, 1.165) is 37.3 Å². The Balaban J connectivity index is 1.72. The van der Waals surface area contributed by atoms with E-state index in [4.69, 9.17) is 17.3 Å². The molecule has 138 valence electrons. The number of halogens is 1. The van der Waals surface area contributed by atoms with Crippen LogP contribution in [0.25, 0.3) is 0 Å². The standard InChI is InChI=1S/C17H22ClN7O/c1-20-13-14(18)23-10-24-16(13)22-9-12-3-2-6-21-17(12)25-7-4-11(5-8-25)15(19)26/h2-3,6,10-11,20H,4-5,7-9H2,1H3,(H2,19,26)(H,22,23,24). The first-order valence-electron chi connectivity index (χ1n) is 8.50. The van der Waals surface area contributed by atoms with Crippen LogP contribution in [0.2, 0.25) is 5.15 Å². The van der Waals surface area contributed by atoms with Crippen molar-refractivity contribution < 1.29 is 4.79 Å². The van der Waals surface area contributed by atoms with Crippen LogP contribution >= 0.6 is 11.6 Å². The summed E-state index contributed by atoms with van der Waals surface area (Å²) in [5.41, 5.74) is 7.12. The lowest BCUT2D eigenvalue weighted by Crippen LogP contribution is -2.39. The van der Waals surface area contributed by atoms with E-state index in [1.54, 1.807) is 13.2 Å². The number of nitrogens with one attached hydrogen (secondary N) is 2. The van der Waals surface area contributed by atoms with Gasteiger partial charge in [0.2, 0.25) is 5.91 Å². The topological polar surface area (TPSA) is 109 Å². The van der Waals surface area contributed by atoms with E-state index in [1.165, 1.54) is 6.33 Å². The number of primary amides is 1. The first kappa shape index (κ1) is 18.2. The SMILES string of the molecule is CNc1c(Cl)ncnc1NCc1cccnc1N1CCC(C(N)=O)CC1. The molecule has 1 saturated heterocycles. The van der Waals surface area contributed by atoms with Crippen molar-refractivity contribution in [2.45, 2.75) is 19.4 Å². The van der Waals surface area contributed by atoms with E-state index in [1.807, 2.05) is 12.1 Å². The lowest BCUT2D eigenvalue weighted by molar-refractivity contribution is -0.122. The first-order valence-corrected chi connectivity index (χ1v) is 8.88. The van der Waals surface area contributed by atoms with Gasteiger partial charge in [-0.1, -0.05) is 17.7 Å². The van der Waals surface area contributed by atoms with Gasteiger partial charge >= 0.3 is 0 Å². The van der Waals surface area contributed by atoms with Crippen molar-refractivity contribution in [3.8, 4) is 0 Å². The molecular formula is C17H22ClN7O. The van der Waals surface area contributed by atoms with E-state index in [2.05, 4.69) is 30.5 Å². The Kier molecular flexibility index (Phi) is 5.72. The first-order chi connectivity index (χ1) is 12.6. The van der Waals surface area contributed by atoms with E-state index in [9.17, 15) is 4.79 Å². The third-order valence-electron chi connectivity index (χ3n) is 4.56. The summed E-state index contributed by atoms with van der Waals surface area (Å²) in [5.74, 6) is 1.29. The molecule has 0 saturated carbocycles. The van der Waals surface area contributed by atoms with Crippen molar-refractivity contribution in [2.75, 3.05) is 35.7 Å². The molecule has 0 aliphatic carbocycles. The van der Waals surface area contributed by atoms with Crippen LogP contribution in [0.3, 0.4) is 0 Å². The molecule has 0 unspecified atom stereocenters. The molecule has 1 aliphatic heterocycles. The number of aromatic nitrogens is 3. The minimum atomic E-state index is -0.215. The van der Waals surface area contributed by atoms with Crippen molar-refractivity contribution in [3.63, 3.8) is 0 Å². The summed E-state index contributed by atoms with van der Waals surface area (Å²) in [6, 6.07) is 3.93. The van der Waals surface area contributed by atoms with Crippen molar-refractivity contribution >= 4 is 34.8 Å². The molecule has 1 fully saturated rings. The molecule has 1 aliphatic rings. The molecule has 4 N–H and O–H groups in total. The highest BCUT2D eigenvalue weighted by Crippen LogP contribution is 2.28. The Bertz CT molecular complexity index is 777. The van der Waals surface area contributed by atoms with Crippen LogP contribution in [0.15, 0.2) is 24.7 Å². The fourth-order valence-corrected chi connectivity index (χ4v) is 3.36. The maximum atomic E-state index is 11.4. The summed E-state index contributed by atoms with van der Waals surface area (Å²) in [4.78, 5) is 26.3. The summed E-state index contributed by atoms with van der Waals surface area (Å²) in [7, 11) is 1.77. The van der Waals surface area contributed by atoms with Gasteiger partial charge in [-0.3, -0.25) is 4.79 Å². The number of carbonyl (C=O) groups is 1. The largest absolute Gasteiger partial charge is 0.383 e. The van der Waals surface area contributed by atoms with Crippen LogP contribution < -0.4 is 21.3 Å². The molecule has 0 radical (unpaired) electrons. The summed E-state index contributed by atoms with van der Waals surface area (Å²) in [6.07, 6.45) is 4.71. The minimum Gasteiger partial charge on any atom is -0.383 e. The van der Waals surface area contributed by atoms with Crippen molar-refractivity contribution in [1.82, 2.24) is 15.0 Å². The number of hydrogen-bond donors (Lipinski definition) is 3. The monoisotopic (exact) mass is 375 g/mol. The molecule has 9 heteroatoms. The van der Waals surface area contributed by atoms with Gasteiger partial charge in [-0.2, -0.15) is 0 Å². The van der Waals surface area contributed by atoms with Gasteiger partial charge in [0, 0.05) is 44.4 Å². The van der Waals surface area contributed by atoms with E-state index < -0.39 is 0 Å². The molecule has 26 heavy (non-hydrogen) atoms. The number of nitrogens with zero attached hydrogens (tertiary/aromatic N) is 4. The minimum absolute atomic E-state index is 0.0436. The Morgan fingerprint density at radius 2 is 2.12 bits per heavy atom. The smallest absolute Gasteiger partial charge is 0.220 e. The van der Waals surface area contributed by atoms with Gasteiger partial charge in [0.05, 0.1) is 0 Å². The predicted molar refractivity (Wildman–Crippen MR) is 102 cm³/mol. The van der Waals surface area contributed by atoms with Gasteiger partial charge in [0.25, 0.3) is 0 Å². The van der Waals surface area contributed by atoms with Gasteiger partial charge in [-0.15, -0.1) is 0 Å². The highest BCUT2D eigenvalue weighted by atomic mass is 35.5. The number of hydrogen-bond acceptors (Lipinski definition) is 7. The second-order valence-corrected chi connectivity index (χ2v) is 6.50. The van der Waals surface area contributed by atoms with Crippen LogP contribution in [-0.4, -0.2) is 41.0 Å². The van der Waals surface area contributed by atoms with Crippen molar-refractivity contribution in [1.29, 1.82) is 0 Å². The van der Waals surface area contributed by atoms with E-state index in [-0.39, 0.29) is 11.8 Å². The van der Waals surface area contributed by atoms with E-state index >= 15 is 0 Å². The Morgan fingerprint density at radius 3 is 2.81 bits per heavy atom. The zero-order valence-corrected chi connectivity index (χ0v) is 15.3. The molecule has 3 rings (SSSR count). The summed E-state index contributed by atoms with van der Waals surface area (Å²) >= 11 is 6.09. The van der Waals surface area contributed by atoms with Crippen molar-refractivity contribution in [2.24, 2.45) is 11.7 Å². The molecule has 0 bridgehead atoms. The lowest BCUT2D eigenvalue weighted by Gasteiger charge is -2.32. The summed E-state index contributed by atoms with van der Waals surface area (Å²) in [6.45, 7) is 2.07. The average molecular weight is 376 g/mol. The fraction of sp³-hybridized carbons (Fsp3) is 0.412. The molecule has 0 atom stereocenters. The van der Waals surface area contributed by atoms with Crippen LogP contribution in [0.1, 0.15) is 18.4 Å². The van der Waals surface area contributed by atoms with Gasteiger partial charge in [0.15, 0.2) is 11.0 Å². The van der Waals surface area contributed by atoms with Gasteiger partial charge in [-0.05, 0) is 18.9 Å². The van der Waals surface area contributed by atoms with Crippen molar-refractivity contribution in [3.05, 3.63) is 35.4 Å². The second kappa shape index (κ2) is 8.18. The van der Waals surface area contributed by atoms with Gasteiger partial charge in [0.1, 0.15) is 17.8 Å². The van der Waals surface area contributed by atoms with Crippen LogP contribution in [-0.2, 0) is 11.3 Å². The Labute approximate surface area is 157 Å². The zero-order chi connectivity index (χ0) is 18.5. The van der Waals surface area contributed by atoms with Crippen LogP contribution in [0, 0.1) is 5.92 Å². The molecule has 0 aromatic carbocycles. The number of anilines is 3. The number of nitrogens with two attached hydrogens (primary N) is 1. The summed E-state index contributed by atoms with van der Waals surface area (Å²) in [5, 5.41) is 6.66. The molecular weight excluding hydrogens is 354 g/mol. The van der Waals surface area contributed by atoms with Crippen LogP contribution in [0.5, 0.6) is 0 Å². The summed E-state index contributed by atoms with van der Waals surface area (Å²) < 4.78 is 0. The number of pyridine rings is 1. The molecule has 3 heterocycles. The third kappa shape index (κ3) is 3.96. The fourth-order valence-electron chi connectivity index (χ4n) is 3.13. The maximum absolute atomic E-state index is 11.4. The Morgan fingerprint density at radius 1 is 1.35 bits per heavy atom.